The predicted molar refractivity (Wildman–Crippen MR) is 172 cm³/mol. The quantitative estimate of drug-likeness (QED) is 0.104. The lowest BCUT2D eigenvalue weighted by molar-refractivity contribution is 0.0758. The van der Waals surface area contributed by atoms with Crippen LogP contribution in [0.3, 0.4) is 0 Å². The van der Waals surface area contributed by atoms with Gasteiger partial charge >= 0.3 is 0 Å². The van der Waals surface area contributed by atoms with E-state index in [0.717, 1.165) is 39.1 Å². The van der Waals surface area contributed by atoms with Crippen LogP contribution in [0.25, 0.3) is 11.3 Å². The zero-order valence-electron chi connectivity index (χ0n) is 23.1. The molecule has 1 unspecified atom stereocenters. The van der Waals surface area contributed by atoms with Crippen molar-refractivity contribution in [2.24, 2.45) is 0 Å². The van der Waals surface area contributed by atoms with Crippen molar-refractivity contribution in [3.05, 3.63) is 184 Å². The van der Waals surface area contributed by atoms with E-state index in [1.807, 2.05) is 67.0 Å². The summed E-state index contributed by atoms with van der Waals surface area (Å²) in [6.45, 7) is 0.399. The molecule has 0 N–H and O–H groups in total. The van der Waals surface area contributed by atoms with Crippen molar-refractivity contribution in [3.8, 4) is 11.3 Å². The van der Waals surface area contributed by atoms with E-state index in [1.165, 1.54) is 0 Å². The third-order valence-electron chi connectivity index (χ3n) is 8.18. The van der Waals surface area contributed by atoms with E-state index in [0.29, 0.717) is 17.1 Å². The normalized spacial score (nSPS) is 14.6. The first-order chi connectivity index (χ1) is 21.1. The highest BCUT2D eigenvalue weighted by molar-refractivity contribution is 6.30. The fraction of sp³-hybridized carbons (Fsp3) is 0.0811. The summed E-state index contributed by atoms with van der Waals surface area (Å²) in [7, 11) is 0. The summed E-state index contributed by atoms with van der Waals surface area (Å²) in [5.41, 5.74) is 6.17. The number of amides is 1. The van der Waals surface area contributed by atoms with Crippen molar-refractivity contribution >= 4 is 29.1 Å². The Morgan fingerprint density at radius 2 is 1.28 bits per heavy atom. The minimum Gasteiger partial charge on any atom is -0.318 e. The standard InChI is InChI=1S/C37H27Cl2N3O/c38-31-19-16-26(17-20-31)23-42-35(39)33-22-27(18-21-32(33)36(42)43)34-24-41(25-40-34)37(28-10-4-1-5-11-28,29-12-6-2-7-13-29)30-14-8-3-9-15-30/h1-22,24-25,35H,23H2. The van der Waals surface area contributed by atoms with Gasteiger partial charge in [-0.3, -0.25) is 4.79 Å². The van der Waals surface area contributed by atoms with Gasteiger partial charge in [0, 0.05) is 34.5 Å². The number of rotatable bonds is 7. The third kappa shape index (κ3) is 4.73. The summed E-state index contributed by atoms with van der Waals surface area (Å²) in [6, 6.07) is 44.8. The van der Waals surface area contributed by atoms with Gasteiger partial charge in [-0.1, -0.05) is 132 Å². The van der Waals surface area contributed by atoms with E-state index in [9.17, 15) is 4.79 Å². The number of halogens is 2. The van der Waals surface area contributed by atoms with Crippen LogP contribution >= 0.6 is 23.2 Å². The maximum Gasteiger partial charge on any atom is 0.256 e. The molecule has 210 valence electrons. The lowest BCUT2D eigenvalue weighted by Gasteiger charge is -2.37. The van der Waals surface area contributed by atoms with Crippen molar-refractivity contribution in [2.45, 2.75) is 17.6 Å². The Hall–Kier alpha value is -4.64. The molecule has 6 heteroatoms. The molecule has 1 amide bonds. The molecule has 43 heavy (non-hydrogen) atoms. The molecule has 1 aliphatic rings. The average molecular weight is 601 g/mol. The summed E-state index contributed by atoms with van der Waals surface area (Å²) >= 11 is 13.0. The van der Waals surface area contributed by atoms with Gasteiger partial charge < -0.3 is 9.47 Å². The fourth-order valence-corrected chi connectivity index (χ4v) is 6.58. The molecule has 2 heterocycles. The van der Waals surface area contributed by atoms with Crippen molar-refractivity contribution in [1.82, 2.24) is 14.5 Å². The van der Waals surface area contributed by atoms with Crippen molar-refractivity contribution in [2.75, 3.05) is 0 Å². The molecule has 0 radical (unpaired) electrons. The Morgan fingerprint density at radius 3 is 1.84 bits per heavy atom. The zero-order valence-corrected chi connectivity index (χ0v) is 24.7. The molecular formula is C37H27Cl2N3O. The molecule has 6 aromatic rings. The van der Waals surface area contributed by atoms with E-state index in [1.54, 1.807) is 4.90 Å². The number of fused-ring (bicyclic) bond motifs is 1. The van der Waals surface area contributed by atoms with Crippen LogP contribution in [0.15, 0.2) is 146 Å². The Balaban J connectivity index is 1.31. The van der Waals surface area contributed by atoms with Gasteiger partial charge in [-0.25, -0.2) is 4.98 Å². The van der Waals surface area contributed by atoms with Gasteiger partial charge in [0.25, 0.3) is 5.91 Å². The second-order valence-corrected chi connectivity index (χ2v) is 11.5. The molecule has 7 rings (SSSR count). The van der Waals surface area contributed by atoms with Gasteiger partial charge in [0.1, 0.15) is 11.0 Å². The minimum atomic E-state index is -0.661. The van der Waals surface area contributed by atoms with Crippen LogP contribution in [-0.2, 0) is 12.1 Å². The molecule has 1 aromatic heterocycles. The second-order valence-electron chi connectivity index (χ2n) is 10.7. The van der Waals surface area contributed by atoms with Crippen molar-refractivity contribution in [3.63, 3.8) is 0 Å². The number of hydrogen-bond donors (Lipinski definition) is 0. The van der Waals surface area contributed by atoms with Crippen LogP contribution in [0.4, 0.5) is 0 Å². The monoisotopic (exact) mass is 599 g/mol. The van der Waals surface area contributed by atoms with Crippen LogP contribution in [0.2, 0.25) is 5.02 Å². The predicted octanol–water partition coefficient (Wildman–Crippen LogP) is 8.94. The summed E-state index contributed by atoms with van der Waals surface area (Å²) in [5.74, 6) is -0.0849. The van der Waals surface area contributed by atoms with Gasteiger partial charge in [-0.2, -0.15) is 0 Å². The summed E-state index contributed by atoms with van der Waals surface area (Å²) in [4.78, 5) is 19.9. The number of benzene rings is 5. The van der Waals surface area contributed by atoms with E-state index in [-0.39, 0.29) is 5.91 Å². The molecule has 0 saturated heterocycles. The van der Waals surface area contributed by atoms with Crippen LogP contribution < -0.4 is 0 Å². The summed E-state index contributed by atoms with van der Waals surface area (Å²) < 4.78 is 2.19. The summed E-state index contributed by atoms with van der Waals surface area (Å²) in [6.07, 6.45) is 3.98. The van der Waals surface area contributed by atoms with E-state index < -0.39 is 11.0 Å². The maximum absolute atomic E-state index is 13.3. The van der Waals surface area contributed by atoms with E-state index in [2.05, 4.69) is 83.6 Å². The first-order valence-corrected chi connectivity index (χ1v) is 14.9. The van der Waals surface area contributed by atoms with E-state index in [4.69, 9.17) is 28.2 Å². The number of alkyl halides is 1. The van der Waals surface area contributed by atoms with Crippen LogP contribution in [0.5, 0.6) is 0 Å². The number of carbonyl (C=O) groups is 1. The minimum absolute atomic E-state index is 0.0849. The Morgan fingerprint density at radius 1 is 0.721 bits per heavy atom. The molecule has 0 bridgehead atoms. The number of hydrogen-bond acceptors (Lipinski definition) is 2. The highest BCUT2D eigenvalue weighted by Crippen LogP contribution is 2.43. The van der Waals surface area contributed by atoms with Crippen molar-refractivity contribution < 1.29 is 4.79 Å². The van der Waals surface area contributed by atoms with Gasteiger partial charge in [-0.05, 0) is 46.5 Å². The second kappa shape index (κ2) is 11.2. The Labute approximate surface area is 260 Å². The highest BCUT2D eigenvalue weighted by atomic mass is 35.5. The lowest BCUT2D eigenvalue weighted by atomic mass is 9.77. The number of carbonyl (C=O) groups excluding carboxylic acids is 1. The molecule has 1 atom stereocenters. The first-order valence-electron chi connectivity index (χ1n) is 14.1. The smallest absolute Gasteiger partial charge is 0.256 e. The third-order valence-corrected chi connectivity index (χ3v) is 8.90. The molecule has 4 nitrogen and oxygen atoms in total. The van der Waals surface area contributed by atoms with E-state index >= 15 is 0 Å². The molecule has 5 aromatic carbocycles. The van der Waals surface area contributed by atoms with Gasteiger partial charge in [0.05, 0.1) is 12.0 Å². The van der Waals surface area contributed by atoms with Gasteiger partial charge in [0.15, 0.2) is 0 Å². The van der Waals surface area contributed by atoms with Crippen LogP contribution in [0.1, 0.15) is 43.7 Å². The Kier molecular flexibility index (Phi) is 7.10. The fourth-order valence-electron chi connectivity index (χ4n) is 6.12. The average Bonchev–Trinajstić information content (AvgIpc) is 3.64. The molecule has 0 spiro atoms. The molecule has 0 saturated carbocycles. The SMILES string of the molecule is O=C1c2ccc(-c3cn(C(c4ccccc4)(c4ccccc4)c4ccccc4)cn3)cc2C(Cl)N1Cc1ccc(Cl)cc1. The molecule has 0 fully saturated rings. The number of nitrogens with zero attached hydrogens (tertiary/aromatic N) is 3. The highest BCUT2D eigenvalue weighted by Gasteiger charge is 2.39. The zero-order chi connectivity index (χ0) is 29.4. The topological polar surface area (TPSA) is 38.1 Å². The summed E-state index contributed by atoms with van der Waals surface area (Å²) in [5, 5.41) is 0.655. The first kappa shape index (κ1) is 27.2. The van der Waals surface area contributed by atoms with Crippen LogP contribution in [-0.4, -0.2) is 20.4 Å². The van der Waals surface area contributed by atoms with Crippen molar-refractivity contribution in [1.29, 1.82) is 0 Å². The Bertz CT molecular complexity index is 1790. The molecule has 0 aliphatic carbocycles. The van der Waals surface area contributed by atoms with Crippen LogP contribution in [0, 0.1) is 0 Å². The van der Waals surface area contributed by atoms with Gasteiger partial charge in [0.2, 0.25) is 0 Å². The number of imidazole rings is 1. The largest absolute Gasteiger partial charge is 0.318 e. The lowest BCUT2D eigenvalue weighted by Crippen LogP contribution is -2.36. The molecular weight excluding hydrogens is 573 g/mol. The molecule has 1 aliphatic heterocycles. The maximum atomic E-state index is 13.3. The number of aromatic nitrogens is 2. The van der Waals surface area contributed by atoms with Gasteiger partial charge in [-0.15, -0.1) is 0 Å².